The van der Waals surface area contributed by atoms with Crippen molar-refractivity contribution in [2.45, 2.75) is 38.3 Å². The normalized spacial score (nSPS) is 32.6. The van der Waals surface area contributed by atoms with Crippen LogP contribution in [-0.2, 0) is 10.2 Å². The molecule has 2 rings (SSSR count). The smallest absolute Gasteiger partial charge is 0.282 e. The van der Waals surface area contributed by atoms with Gasteiger partial charge in [-0.2, -0.15) is 28.8 Å². The van der Waals surface area contributed by atoms with Gasteiger partial charge in [-0.25, -0.2) is 0 Å². The van der Waals surface area contributed by atoms with Gasteiger partial charge in [0.05, 0.1) is 0 Å². The molecule has 0 bridgehead atoms. The van der Waals surface area contributed by atoms with Crippen LogP contribution in [0.25, 0.3) is 0 Å². The molecular formula is C11H23N3O2S2. The highest BCUT2D eigenvalue weighted by Gasteiger charge is 2.38. The Morgan fingerprint density at radius 3 is 2.72 bits per heavy atom. The van der Waals surface area contributed by atoms with E-state index in [9.17, 15) is 8.42 Å². The van der Waals surface area contributed by atoms with Gasteiger partial charge in [0.15, 0.2) is 0 Å². The third-order valence-electron chi connectivity index (χ3n) is 3.74. The molecule has 106 valence electrons. The standard InChI is InChI=1S/C11H23N3O2S2/c1-10-9-17-7-6-13(10)18(15,16)14-5-3-2-4-11(14)8-12/h10-11H,2-9,12H2,1H3. The van der Waals surface area contributed by atoms with Gasteiger partial charge in [0.25, 0.3) is 10.2 Å². The summed E-state index contributed by atoms with van der Waals surface area (Å²) in [5, 5.41) is 0. The fourth-order valence-corrected chi connectivity index (χ4v) is 5.97. The zero-order valence-corrected chi connectivity index (χ0v) is 12.5. The molecule has 7 heteroatoms. The Balaban J connectivity index is 2.17. The molecule has 0 aliphatic carbocycles. The first-order valence-electron chi connectivity index (χ1n) is 6.64. The number of thioether (sulfide) groups is 1. The molecule has 2 aliphatic heterocycles. The molecule has 2 aliphatic rings. The van der Waals surface area contributed by atoms with Crippen LogP contribution in [0, 0.1) is 0 Å². The maximum absolute atomic E-state index is 12.7. The molecule has 2 unspecified atom stereocenters. The van der Waals surface area contributed by atoms with Crippen LogP contribution in [0.4, 0.5) is 0 Å². The van der Waals surface area contributed by atoms with Crippen LogP contribution in [0.15, 0.2) is 0 Å². The highest BCUT2D eigenvalue weighted by Crippen LogP contribution is 2.26. The van der Waals surface area contributed by atoms with E-state index in [1.807, 2.05) is 18.7 Å². The molecule has 0 aromatic heterocycles. The Labute approximate surface area is 114 Å². The third-order valence-corrected chi connectivity index (χ3v) is 7.14. The maximum Gasteiger partial charge on any atom is 0.282 e. The van der Waals surface area contributed by atoms with Gasteiger partial charge in [0, 0.05) is 43.2 Å². The molecule has 2 N–H and O–H groups in total. The largest absolute Gasteiger partial charge is 0.329 e. The van der Waals surface area contributed by atoms with E-state index in [4.69, 9.17) is 5.73 Å². The number of nitrogens with two attached hydrogens (primary N) is 1. The quantitative estimate of drug-likeness (QED) is 0.822. The lowest BCUT2D eigenvalue weighted by Gasteiger charge is -2.40. The number of rotatable bonds is 3. The van der Waals surface area contributed by atoms with Crippen molar-refractivity contribution in [1.29, 1.82) is 0 Å². The van der Waals surface area contributed by atoms with Crippen molar-refractivity contribution in [3.05, 3.63) is 0 Å². The second-order valence-corrected chi connectivity index (χ2v) is 8.02. The summed E-state index contributed by atoms with van der Waals surface area (Å²) >= 11 is 1.83. The Kier molecular flexibility index (Phi) is 4.93. The van der Waals surface area contributed by atoms with E-state index in [0.717, 1.165) is 30.8 Å². The first-order valence-corrected chi connectivity index (χ1v) is 9.19. The van der Waals surface area contributed by atoms with E-state index in [0.29, 0.717) is 19.6 Å². The highest BCUT2D eigenvalue weighted by atomic mass is 32.2. The summed E-state index contributed by atoms with van der Waals surface area (Å²) in [6, 6.07) is 0.0830. The summed E-state index contributed by atoms with van der Waals surface area (Å²) in [6.07, 6.45) is 2.93. The summed E-state index contributed by atoms with van der Waals surface area (Å²) in [4.78, 5) is 0. The van der Waals surface area contributed by atoms with Gasteiger partial charge in [-0.1, -0.05) is 6.42 Å². The molecule has 2 saturated heterocycles. The predicted octanol–water partition coefficient (Wildman–Crippen LogP) is 0.482. The molecule has 0 radical (unpaired) electrons. The Bertz CT molecular complexity index is 374. The molecule has 5 nitrogen and oxygen atoms in total. The van der Waals surface area contributed by atoms with Gasteiger partial charge in [0.2, 0.25) is 0 Å². The highest BCUT2D eigenvalue weighted by molar-refractivity contribution is 7.99. The van der Waals surface area contributed by atoms with E-state index in [1.165, 1.54) is 0 Å². The lowest BCUT2D eigenvalue weighted by Crippen LogP contribution is -2.56. The second-order valence-electron chi connectivity index (χ2n) is 5.04. The fraction of sp³-hybridized carbons (Fsp3) is 1.00. The zero-order valence-electron chi connectivity index (χ0n) is 10.9. The first-order chi connectivity index (χ1) is 8.57. The Morgan fingerprint density at radius 2 is 2.06 bits per heavy atom. The van der Waals surface area contributed by atoms with Crippen LogP contribution in [0.3, 0.4) is 0 Å². The predicted molar refractivity (Wildman–Crippen MR) is 75.8 cm³/mol. The molecule has 0 saturated carbocycles. The number of piperidine rings is 1. The third kappa shape index (κ3) is 2.85. The monoisotopic (exact) mass is 293 g/mol. The van der Waals surface area contributed by atoms with E-state index in [-0.39, 0.29) is 12.1 Å². The second kappa shape index (κ2) is 6.09. The SMILES string of the molecule is CC1CSCCN1S(=O)(=O)N1CCCCC1CN. The van der Waals surface area contributed by atoms with E-state index in [2.05, 4.69) is 0 Å². The van der Waals surface area contributed by atoms with Crippen molar-refractivity contribution in [3.8, 4) is 0 Å². The van der Waals surface area contributed by atoms with Crippen molar-refractivity contribution < 1.29 is 8.42 Å². The molecule has 2 atom stereocenters. The van der Waals surface area contributed by atoms with Crippen LogP contribution in [0.2, 0.25) is 0 Å². The summed E-state index contributed by atoms with van der Waals surface area (Å²) in [6.45, 7) is 3.67. The Morgan fingerprint density at radius 1 is 1.28 bits per heavy atom. The van der Waals surface area contributed by atoms with Crippen LogP contribution in [0.5, 0.6) is 0 Å². The lowest BCUT2D eigenvalue weighted by molar-refractivity contribution is 0.228. The minimum atomic E-state index is -3.32. The van der Waals surface area contributed by atoms with Crippen molar-refractivity contribution >= 4 is 22.0 Å². The minimum Gasteiger partial charge on any atom is -0.329 e. The molecule has 2 fully saturated rings. The molecule has 2 heterocycles. The summed E-state index contributed by atoms with van der Waals surface area (Å²) < 4.78 is 28.7. The van der Waals surface area contributed by atoms with Crippen molar-refractivity contribution in [2.75, 3.05) is 31.1 Å². The zero-order chi connectivity index (χ0) is 13.2. The topological polar surface area (TPSA) is 66.6 Å². The average molecular weight is 293 g/mol. The van der Waals surface area contributed by atoms with E-state index >= 15 is 0 Å². The van der Waals surface area contributed by atoms with E-state index in [1.54, 1.807) is 8.61 Å². The van der Waals surface area contributed by atoms with Crippen LogP contribution >= 0.6 is 11.8 Å². The molecule has 0 amide bonds. The molecule has 0 spiro atoms. The van der Waals surface area contributed by atoms with E-state index < -0.39 is 10.2 Å². The summed E-state index contributed by atoms with van der Waals surface area (Å²) in [7, 11) is -3.32. The Hall–Kier alpha value is 0.180. The number of hydrogen-bond acceptors (Lipinski definition) is 4. The summed E-state index contributed by atoms with van der Waals surface area (Å²) in [5.41, 5.74) is 5.73. The molecular weight excluding hydrogens is 270 g/mol. The number of nitrogens with zero attached hydrogens (tertiary/aromatic N) is 2. The van der Waals surface area contributed by atoms with Gasteiger partial charge in [-0.05, 0) is 19.8 Å². The van der Waals surface area contributed by atoms with Crippen molar-refractivity contribution in [1.82, 2.24) is 8.61 Å². The van der Waals surface area contributed by atoms with Crippen LogP contribution in [0.1, 0.15) is 26.2 Å². The minimum absolute atomic E-state index is 0.00877. The fourth-order valence-electron chi connectivity index (χ4n) is 2.70. The summed E-state index contributed by atoms with van der Waals surface area (Å²) in [5.74, 6) is 1.78. The molecule has 0 aromatic rings. The average Bonchev–Trinajstić information content (AvgIpc) is 2.39. The maximum atomic E-state index is 12.7. The lowest BCUT2D eigenvalue weighted by atomic mass is 10.1. The van der Waals surface area contributed by atoms with Crippen molar-refractivity contribution in [3.63, 3.8) is 0 Å². The number of hydrogen-bond donors (Lipinski definition) is 1. The van der Waals surface area contributed by atoms with Gasteiger partial charge in [-0.15, -0.1) is 0 Å². The first kappa shape index (κ1) is 14.6. The molecule has 18 heavy (non-hydrogen) atoms. The van der Waals surface area contributed by atoms with Gasteiger partial charge in [-0.3, -0.25) is 0 Å². The van der Waals surface area contributed by atoms with Gasteiger partial charge >= 0.3 is 0 Å². The van der Waals surface area contributed by atoms with Crippen molar-refractivity contribution in [2.24, 2.45) is 5.73 Å². The van der Waals surface area contributed by atoms with Crippen LogP contribution in [-0.4, -0.2) is 60.3 Å². The van der Waals surface area contributed by atoms with Gasteiger partial charge < -0.3 is 5.73 Å². The van der Waals surface area contributed by atoms with Gasteiger partial charge in [0.1, 0.15) is 0 Å². The van der Waals surface area contributed by atoms with Crippen LogP contribution < -0.4 is 5.73 Å². The molecule has 0 aromatic carbocycles.